The Hall–Kier alpha value is -3.84. The fourth-order valence-corrected chi connectivity index (χ4v) is 3.02. The van der Waals surface area contributed by atoms with Crippen LogP contribution in [0, 0.1) is 0 Å². The zero-order chi connectivity index (χ0) is 20.4. The summed E-state index contributed by atoms with van der Waals surface area (Å²) in [5.74, 6) is -1.35. The molecule has 0 unspecified atom stereocenters. The van der Waals surface area contributed by atoms with Gasteiger partial charge in [-0.05, 0) is 60.7 Å². The Morgan fingerprint density at radius 1 is 1.10 bits per heavy atom. The van der Waals surface area contributed by atoms with Crippen LogP contribution in [0.1, 0.15) is 26.6 Å². The number of halogens is 1. The largest absolute Gasteiger partial charge is 0.478 e. The van der Waals surface area contributed by atoms with Crippen molar-refractivity contribution < 1.29 is 19.1 Å². The highest BCUT2D eigenvalue weighted by molar-refractivity contribution is 6.31. The van der Waals surface area contributed by atoms with Gasteiger partial charge in [-0.3, -0.25) is 4.79 Å². The van der Waals surface area contributed by atoms with Gasteiger partial charge >= 0.3 is 11.9 Å². The summed E-state index contributed by atoms with van der Waals surface area (Å²) in [7, 11) is 0. The molecule has 2 aromatic carbocycles. The van der Waals surface area contributed by atoms with Crippen molar-refractivity contribution in [1.82, 2.24) is 9.99 Å². The van der Waals surface area contributed by atoms with E-state index in [2.05, 4.69) is 10.5 Å². The molecule has 2 N–H and O–H groups in total. The normalized spacial score (nSPS) is 11.2. The summed E-state index contributed by atoms with van der Waals surface area (Å²) >= 11 is 5.94. The van der Waals surface area contributed by atoms with E-state index in [9.17, 15) is 9.59 Å². The van der Waals surface area contributed by atoms with Gasteiger partial charge in [0.1, 0.15) is 5.58 Å². The van der Waals surface area contributed by atoms with E-state index in [1.807, 2.05) is 22.9 Å². The van der Waals surface area contributed by atoms with Crippen LogP contribution in [0.4, 0.5) is 0 Å². The number of aromatic nitrogens is 1. The molecule has 7 nitrogen and oxygen atoms in total. The van der Waals surface area contributed by atoms with Crippen molar-refractivity contribution in [2.45, 2.75) is 0 Å². The molecule has 0 saturated carbocycles. The van der Waals surface area contributed by atoms with Crippen molar-refractivity contribution in [2.75, 3.05) is 0 Å². The van der Waals surface area contributed by atoms with Crippen LogP contribution in [0.15, 0.2) is 76.4 Å². The number of rotatable bonds is 5. The predicted octanol–water partition coefficient (Wildman–Crippen LogP) is 4.34. The van der Waals surface area contributed by atoms with Crippen molar-refractivity contribution in [2.24, 2.45) is 5.10 Å². The molecular formula is C21H14ClN3O4. The number of carboxylic acid groups (broad SMARTS) is 1. The molecule has 4 aromatic rings. The van der Waals surface area contributed by atoms with Crippen molar-refractivity contribution in [1.29, 1.82) is 0 Å². The highest BCUT2D eigenvalue weighted by Gasteiger charge is 2.12. The molecule has 0 saturated heterocycles. The third-order valence-corrected chi connectivity index (χ3v) is 4.47. The molecule has 1 amide bonds. The number of furan rings is 1. The summed E-state index contributed by atoms with van der Waals surface area (Å²) < 4.78 is 7.31. The maximum atomic E-state index is 12.3. The van der Waals surface area contributed by atoms with Gasteiger partial charge in [-0.2, -0.15) is 5.10 Å². The Bertz CT molecular complexity index is 1240. The molecule has 2 aromatic heterocycles. The van der Waals surface area contributed by atoms with E-state index in [0.29, 0.717) is 16.3 Å². The first-order valence-electron chi connectivity index (χ1n) is 8.55. The van der Waals surface area contributed by atoms with E-state index < -0.39 is 11.9 Å². The molecule has 0 aliphatic carbocycles. The van der Waals surface area contributed by atoms with Crippen LogP contribution in [0.2, 0.25) is 5.02 Å². The molecule has 8 heteroatoms. The maximum Gasteiger partial charge on any atom is 0.335 e. The maximum absolute atomic E-state index is 12.3. The summed E-state index contributed by atoms with van der Waals surface area (Å²) in [5, 5.41) is 14.3. The number of hydrogen-bond acceptors (Lipinski definition) is 4. The number of fused-ring (bicyclic) bond motifs is 1. The van der Waals surface area contributed by atoms with Gasteiger partial charge in [0.05, 0.1) is 17.5 Å². The molecule has 0 aliphatic rings. The molecule has 0 fully saturated rings. The zero-order valence-corrected chi connectivity index (χ0v) is 15.6. The topological polar surface area (TPSA) is 96.8 Å². The lowest BCUT2D eigenvalue weighted by Crippen LogP contribution is -2.17. The van der Waals surface area contributed by atoms with Crippen LogP contribution in [-0.4, -0.2) is 27.8 Å². The number of carboxylic acids is 1. The average Bonchev–Trinajstić information content (AvgIpc) is 3.34. The van der Waals surface area contributed by atoms with Gasteiger partial charge in [0.25, 0.3) is 0 Å². The molecule has 0 bridgehead atoms. The minimum atomic E-state index is -0.985. The smallest absolute Gasteiger partial charge is 0.335 e. The molecule has 144 valence electrons. The fourth-order valence-electron chi connectivity index (χ4n) is 2.84. The highest BCUT2D eigenvalue weighted by Crippen LogP contribution is 2.23. The minimum Gasteiger partial charge on any atom is -0.478 e. The molecule has 0 spiro atoms. The molecule has 4 rings (SSSR count). The van der Waals surface area contributed by atoms with Gasteiger partial charge < -0.3 is 14.1 Å². The lowest BCUT2D eigenvalue weighted by molar-refractivity contribution is 0.0696. The zero-order valence-electron chi connectivity index (χ0n) is 14.9. The van der Waals surface area contributed by atoms with Crippen molar-refractivity contribution in [3.8, 4) is 5.69 Å². The van der Waals surface area contributed by atoms with Gasteiger partial charge in [-0.25, -0.2) is 10.2 Å². The number of aromatic carboxylic acids is 1. The Kier molecular flexibility index (Phi) is 4.88. The number of carbonyl (C=O) groups is 2. The number of amides is 1. The van der Waals surface area contributed by atoms with E-state index in [-0.39, 0.29) is 11.3 Å². The Balaban J connectivity index is 1.49. The van der Waals surface area contributed by atoms with E-state index in [1.54, 1.807) is 36.4 Å². The average molecular weight is 408 g/mol. The summed E-state index contributed by atoms with van der Waals surface area (Å²) in [4.78, 5) is 23.2. The van der Waals surface area contributed by atoms with Gasteiger partial charge in [0.2, 0.25) is 0 Å². The number of hydrogen-bond donors (Lipinski definition) is 2. The Morgan fingerprint density at radius 3 is 2.66 bits per heavy atom. The Labute approximate surface area is 169 Å². The quantitative estimate of drug-likeness (QED) is 0.380. The Morgan fingerprint density at radius 2 is 1.90 bits per heavy atom. The summed E-state index contributed by atoms with van der Waals surface area (Å²) in [6.07, 6.45) is 3.30. The third-order valence-electron chi connectivity index (χ3n) is 4.24. The van der Waals surface area contributed by atoms with E-state index in [1.165, 1.54) is 18.3 Å². The second kappa shape index (κ2) is 7.65. The monoisotopic (exact) mass is 407 g/mol. The number of nitrogens with zero attached hydrogens (tertiary/aromatic N) is 2. The summed E-state index contributed by atoms with van der Waals surface area (Å²) in [5.41, 5.74) is 4.65. The fraction of sp³-hybridized carbons (Fsp3) is 0. The van der Waals surface area contributed by atoms with E-state index in [4.69, 9.17) is 21.1 Å². The van der Waals surface area contributed by atoms with Crippen LogP contribution in [0.5, 0.6) is 0 Å². The lowest BCUT2D eigenvalue weighted by Gasteiger charge is -2.06. The molecule has 0 atom stereocenters. The summed E-state index contributed by atoms with van der Waals surface area (Å²) in [6.45, 7) is 0. The molecule has 0 aliphatic heterocycles. The number of hydrazone groups is 1. The third kappa shape index (κ3) is 3.90. The highest BCUT2D eigenvalue weighted by atomic mass is 35.5. The second-order valence-electron chi connectivity index (χ2n) is 6.15. The van der Waals surface area contributed by atoms with Gasteiger partial charge in [0.15, 0.2) is 5.76 Å². The van der Waals surface area contributed by atoms with Gasteiger partial charge in [-0.1, -0.05) is 11.6 Å². The second-order valence-corrected chi connectivity index (χ2v) is 6.58. The standard InChI is InChI=1S/C21H14ClN3O4/c22-15-5-8-18-14(10-15)11-19(29-18)20(26)24-23-12-17-2-1-9-25(17)16-6-3-13(4-7-16)21(27)28/h1-12H,(H,24,26)(H,27,28)/b23-12+. The number of carbonyl (C=O) groups excluding carboxylic acids is 1. The molecule has 2 heterocycles. The van der Waals surface area contributed by atoms with Gasteiger partial charge in [0, 0.05) is 22.3 Å². The lowest BCUT2D eigenvalue weighted by atomic mass is 10.2. The first-order valence-corrected chi connectivity index (χ1v) is 8.93. The van der Waals surface area contributed by atoms with E-state index >= 15 is 0 Å². The number of nitrogens with one attached hydrogen (secondary N) is 1. The first kappa shape index (κ1) is 18.5. The van der Waals surface area contributed by atoms with Gasteiger partial charge in [-0.15, -0.1) is 0 Å². The molecular weight excluding hydrogens is 394 g/mol. The molecule has 0 radical (unpaired) electrons. The van der Waals surface area contributed by atoms with Crippen LogP contribution in [0.25, 0.3) is 16.7 Å². The van der Waals surface area contributed by atoms with Crippen molar-refractivity contribution in [3.05, 3.63) is 88.9 Å². The summed E-state index contributed by atoms with van der Waals surface area (Å²) in [6, 6.07) is 16.7. The first-order chi connectivity index (χ1) is 14.0. The van der Waals surface area contributed by atoms with Crippen LogP contribution in [0.3, 0.4) is 0 Å². The van der Waals surface area contributed by atoms with E-state index in [0.717, 1.165) is 11.1 Å². The predicted molar refractivity (Wildman–Crippen MR) is 109 cm³/mol. The van der Waals surface area contributed by atoms with Crippen LogP contribution >= 0.6 is 11.6 Å². The number of benzene rings is 2. The van der Waals surface area contributed by atoms with Crippen molar-refractivity contribution >= 4 is 40.7 Å². The SMILES string of the molecule is O=C(O)c1ccc(-n2cccc2/C=N/NC(=O)c2cc3cc(Cl)ccc3o2)cc1. The minimum absolute atomic E-state index is 0.124. The molecule has 29 heavy (non-hydrogen) atoms. The van der Waals surface area contributed by atoms with Crippen LogP contribution < -0.4 is 5.43 Å². The van der Waals surface area contributed by atoms with Crippen LogP contribution in [-0.2, 0) is 0 Å². The van der Waals surface area contributed by atoms with Crippen molar-refractivity contribution in [3.63, 3.8) is 0 Å².